The van der Waals surface area contributed by atoms with E-state index in [0.29, 0.717) is 11.6 Å². The van der Waals surface area contributed by atoms with Gasteiger partial charge in [-0.15, -0.1) is 0 Å². The third-order valence-electron chi connectivity index (χ3n) is 4.97. The molecule has 0 radical (unpaired) electrons. The minimum Gasteiger partial charge on any atom is -0.396 e. The third kappa shape index (κ3) is 4.56. The summed E-state index contributed by atoms with van der Waals surface area (Å²) < 4.78 is 1.33. The Bertz CT molecular complexity index is 716. The van der Waals surface area contributed by atoms with Crippen molar-refractivity contribution in [2.24, 2.45) is 0 Å². The molecule has 1 aliphatic rings. The van der Waals surface area contributed by atoms with Gasteiger partial charge in [0.2, 0.25) is 0 Å². The Morgan fingerprint density at radius 3 is 2.58 bits per heavy atom. The van der Waals surface area contributed by atoms with E-state index in [0.717, 1.165) is 49.3 Å². The van der Waals surface area contributed by atoms with E-state index in [2.05, 4.69) is 22.7 Å². The van der Waals surface area contributed by atoms with Crippen molar-refractivity contribution in [3.05, 3.63) is 36.2 Å². The van der Waals surface area contributed by atoms with E-state index >= 15 is 0 Å². The number of hydrogen-bond donors (Lipinski definition) is 3. The number of nitrogen functional groups attached to an aromatic ring is 1. The molecule has 0 aliphatic heterocycles. The van der Waals surface area contributed by atoms with E-state index in [1.807, 2.05) is 24.3 Å². The van der Waals surface area contributed by atoms with Crippen molar-refractivity contribution in [1.82, 2.24) is 9.78 Å². The van der Waals surface area contributed by atoms with Gasteiger partial charge in [-0.2, -0.15) is 9.78 Å². The summed E-state index contributed by atoms with van der Waals surface area (Å²) in [6, 6.07) is 7.43. The number of carbonyl (C=O) groups excluding carboxylic acids is 1. The molecule has 0 bridgehead atoms. The van der Waals surface area contributed by atoms with E-state index in [4.69, 9.17) is 5.73 Å². The summed E-state index contributed by atoms with van der Waals surface area (Å²) >= 11 is 0. The number of unbranched alkanes of at least 4 members (excludes halogenated alkanes) is 1. The zero-order valence-electron chi connectivity index (χ0n) is 15.5. The number of nitrogens with zero attached hydrogens (tertiary/aromatic N) is 2. The van der Waals surface area contributed by atoms with Crippen molar-refractivity contribution < 1.29 is 4.79 Å². The van der Waals surface area contributed by atoms with E-state index in [-0.39, 0.29) is 6.03 Å². The fourth-order valence-corrected chi connectivity index (χ4v) is 3.46. The van der Waals surface area contributed by atoms with Crippen molar-refractivity contribution >= 4 is 23.1 Å². The van der Waals surface area contributed by atoms with Gasteiger partial charge < -0.3 is 16.4 Å². The van der Waals surface area contributed by atoms with Crippen LogP contribution in [0.15, 0.2) is 30.5 Å². The molecular weight excluding hydrogens is 326 g/mol. The van der Waals surface area contributed by atoms with Gasteiger partial charge in [0.05, 0.1) is 17.6 Å². The van der Waals surface area contributed by atoms with Gasteiger partial charge in [0.1, 0.15) is 0 Å². The second kappa shape index (κ2) is 8.74. The van der Waals surface area contributed by atoms with Crippen LogP contribution in [-0.2, 0) is 0 Å². The van der Waals surface area contributed by atoms with E-state index in [1.54, 1.807) is 6.20 Å². The van der Waals surface area contributed by atoms with Gasteiger partial charge in [0.25, 0.3) is 0 Å². The first kappa shape index (κ1) is 18.3. The summed E-state index contributed by atoms with van der Waals surface area (Å²) in [7, 11) is 0. The summed E-state index contributed by atoms with van der Waals surface area (Å²) in [6.45, 7) is 3.13. The summed E-state index contributed by atoms with van der Waals surface area (Å²) in [5.41, 5.74) is 9.39. The predicted octanol–water partition coefficient (Wildman–Crippen LogP) is 4.81. The van der Waals surface area contributed by atoms with Gasteiger partial charge >= 0.3 is 6.03 Å². The standard InChI is InChI=1S/C20H29N5O/c1-2-3-13-22-16-9-11-17(12-10-16)23-20(26)25-14-18(21)19(24-25)15-7-5-4-6-8-15/h9-12,14-15,22H,2-8,13,21H2,1H3,(H,23,26). The van der Waals surface area contributed by atoms with Crippen LogP contribution in [-0.4, -0.2) is 22.4 Å². The number of nitrogens with two attached hydrogens (primary N) is 1. The van der Waals surface area contributed by atoms with E-state index in [9.17, 15) is 4.79 Å². The molecule has 3 rings (SSSR count). The highest BCUT2D eigenvalue weighted by molar-refractivity contribution is 5.91. The van der Waals surface area contributed by atoms with Crippen LogP contribution in [0.1, 0.15) is 63.5 Å². The molecule has 2 aromatic rings. The zero-order valence-corrected chi connectivity index (χ0v) is 15.5. The quantitative estimate of drug-likeness (QED) is 0.649. The van der Waals surface area contributed by atoms with Crippen LogP contribution < -0.4 is 16.4 Å². The Hall–Kier alpha value is -2.50. The first-order valence-corrected chi connectivity index (χ1v) is 9.67. The Morgan fingerprint density at radius 2 is 1.88 bits per heavy atom. The Balaban J connectivity index is 1.61. The SMILES string of the molecule is CCCCNc1ccc(NC(=O)n2cc(N)c(C3CCCCC3)n2)cc1. The van der Waals surface area contributed by atoms with Gasteiger partial charge in [0.15, 0.2) is 0 Å². The molecule has 1 heterocycles. The summed E-state index contributed by atoms with van der Waals surface area (Å²) in [5.74, 6) is 0.381. The van der Waals surface area contributed by atoms with Crippen LogP contribution >= 0.6 is 0 Å². The molecule has 6 nitrogen and oxygen atoms in total. The Kier molecular flexibility index (Phi) is 6.15. The lowest BCUT2D eigenvalue weighted by Crippen LogP contribution is -2.20. The lowest BCUT2D eigenvalue weighted by atomic mass is 9.86. The number of carbonyl (C=O) groups is 1. The molecule has 0 unspecified atom stereocenters. The van der Waals surface area contributed by atoms with Gasteiger partial charge in [-0.1, -0.05) is 32.6 Å². The van der Waals surface area contributed by atoms with Crippen molar-refractivity contribution in [2.45, 2.75) is 57.8 Å². The molecule has 1 aromatic carbocycles. The van der Waals surface area contributed by atoms with Crippen LogP contribution in [0.5, 0.6) is 0 Å². The first-order valence-electron chi connectivity index (χ1n) is 9.67. The number of rotatable bonds is 6. The fourth-order valence-electron chi connectivity index (χ4n) is 3.46. The molecule has 1 fully saturated rings. The maximum absolute atomic E-state index is 12.5. The molecule has 1 aliphatic carbocycles. The van der Waals surface area contributed by atoms with Crippen LogP contribution in [0.3, 0.4) is 0 Å². The monoisotopic (exact) mass is 355 g/mol. The number of anilines is 3. The van der Waals surface area contributed by atoms with Crippen molar-refractivity contribution in [3.8, 4) is 0 Å². The zero-order chi connectivity index (χ0) is 18.4. The number of benzene rings is 1. The topological polar surface area (TPSA) is 85.0 Å². The molecular formula is C20H29N5O. The van der Waals surface area contributed by atoms with Gasteiger partial charge in [-0.25, -0.2) is 4.79 Å². The summed E-state index contributed by atoms with van der Waals surface area (Å²) in [5, 5.41) is 10.7. The fraction of sp³-hybridized carbons (Fsp3) is 0.500. The molecule has 6 heteroatoms. The van der Waals surface area contributed by atoms with Gasteiger partial charge in [0, 0.05) is 23.8 Å². The average molecular weight is 355 g/mol. The normalized spacial score (nSPS) is 15.0. The highest BCUT2D eigenvalue weighted by Crippen LogP contribution is 2.34. The molecule has 0 spiro atoms. The summed E-state index contributed by atoms with van der Waals surface area (Å²) in [4.78, 5) is 12.5. The minimum absolute atomic E-state index is 0.287. The molecule has 1 saturated carbocycles. The largest absolute Gasteiger partial charge is 0.396 e. The van der Waals surface area contributed by atoms with Crippen LogP contribution in [0.2, 0.25) is 0 Å². The van der Waals surface area contributed by atoms with Gasteiger partial charge in [-0.05, 0) is 43.5 Å². The Morgan fingerprint density at radius 1 is 1.19 bits per heavy atom. The molecule has 140 valence electrons. The molecule has 26 heavy (non-hydrogen) atoms. The lowest BCUT2D eigenvalue weighted by molar-refractivity contribution is 0.250. The maximum Gasteiger partial charge on any atom is 0.346 e. The highest BCUT2D eigenvalue weighted by atomic mass is 16.2. The second-order valence-electron chi connectivity index (χ2n) is 7.04. The molecule has 1 amide bonds. The average Bonchev–Trinajstić information content (AvgIpc) is 3.06. The van der Waals surface area contributed by atoms with Gasteiger partial charge in [-0.3, -0.25) is 0 Å². The van der Waals surface area contributed by atoms with Crippen LogP contribution in [0.25, 0.3) is 0 Å². The molecule has 4 N–H and O–H groups in total. The van der Waals surface area contributed by atoms with E-state index in [1.165, 1.54) is 23.9 Å². The van der Waals surface area contributed by atoms with Crippen LogP contribution in [0, 0.1) is 0 Å². The Labute approximate surface area is 155 Å². The number of nitrogens with one attached hydrogen (secondary N) is 2. The second-order valence-corrected chi connectivity index (χ2v) is 7.04. The van der Waals surface area contributed by atoms with E-state index < -0.39 is 0 Å². The molecule has 0 saturated heterocycles. The first-order chi connectivity index (χ1) is 12.7. The summed E-state index contributed by atoms with van der Waals surface area (Å²) in [6.07, 6.45) is 9.84. The third-order valence-corrected chi connectivity index (χ3v) is 4.97. The molecule has 1 aromatic heterocycles. The number of amides is 1. The molecule has 0 atom stereocenters. The lowest BCUT2D eigenvalue weighted by Gasteiger charge is -2.19. The van der Waals surface area contributed by atoms with Crippen LogP contribution in [0.4, 0.5) is 21.9 Å². The van der Waals surface area contributed by atoms with Crippen molar-refractivity contribution in [2.75, 3.05) is 22.9 Å². The number of hydrogen-bond acceptors (Lipinski definition) is 4. The predicted molar refractivity (Wildman–Crippen MR) is 107 cm³/mol. The number of aromatic nitrogens is 2. The highest BCUT2D eigenvalue weighted by Gasteiger charge is 2.22. The smallest absolute Gasteiger partial charge is 0.346 e. The van der Waals surface area contributed by atoms with Crippen molar-refractivity contribution in [1.29, 1.82) is 0 Å². The maximum atomic E-state index is 12.5. The minimum atomic E-state index is -0.287. The van der Waals surface area contributed by atoms with Crippen molar-refractivity contribution in [3.63, 3.8) is 0 Å².